The standard InChI is InChI=1S/C14H13BrN4S/c15-10-4-2-6-18-14(10)20-13-9(12(16)17)7-8-3-1-5-11(8)19-13/h2,4,6-7H,1,3,5H2,(H3,16,17). The highest BCUT2D eigenvalue weighted by atomic mass is 79.9. The van der Waals surface area contributed by atoms with Crippen molar-refractivity contribution in [3.63, 3.8) is 0 Å². The van der Waals surface area contributed by atoms with E-state index in [2.05, 4.69) is 20.9 Å². The molecule has 1 aliphatic carbocycles. The van der Waals surface area contributed by atoms with Crippen LogP contribution in [-0.2, 0) is 12.8 Å². The van der Waals surface area contributed by atoms with E-state index in [1.165, 1.54) is 17.3 Å². The van der Waals surface area contributed by atoms with E-state index < -0.39 is 0 Å². The van der Waals surface area contributed by atoms with Crippen LogP contribution >= 0.6 is 27.7 Å². The van der Waals surface area contributed by atoms with Gasteiger partial charge < -0.3 is 5.73 Å². The van der Waals surface area contributed by atoms with Gasteiger partial charge >= 0.3 is 0 Å². The predicted octanol–water partition coefficient (Wildman–Crippen LogP) is 3.16. The van der Waals surface area contributed by atoms with E-state index in [-0.39, 0.29) is 5.84 Å². The number of nitrogen functional groups attached to an aromatic ring is 1. The second-order valence-electron chi connectivity index (χ2n) is 4.61. The van der Waals surface area contributed by atoms with Gasteiger partial charge in [-0.05, 0) is 70.7 Å². The summed E-state index contributed by atoms with van der Waals surface area (Å²) >= 11 is 4.93. The summed E-state index contributed by atoms with van der Waals surface area (Å²) in [7, 11) is 0. The minimum absolute atomic E-state index is 0.0572. The zero-order valence-electron chi connectivity index (χ0n) is 10.7. The van der Waals surface area contributed by atoms with Crippen molar-refractivity contribution in [2.24, 2.45) is 5.73 Å². The molecule has 0 aliphatic heterocycles. The van der Waals surface area contributed by atoms with Crippen LogP contribution < -0.4 is 5.73 Å². The van der Waals surface area contributed by atoms with Crippen molar-refractivity contribution in [1.29, 1.82) is 5.41 Å². The van der Waals surface area contributed by atoms with Crippen LogP contribution in [0.5, 0.6) is 0 Å². The fraction of sp³-hybridized carbons (Fsp3) is 0.214. The lowest BCUT2D eigenvalue weighted by Crippen LogP contribution is -2.14. The van der Waals surface area contributed by atoms with Crippen LogP contribution in [0.1, 0.15) is 23.2 Å². The van der Waals surface area contributed by atoms with Crippen LogP contribution in [-0.4, -0.2) is 15.8 Å². The third kappa shape index (κ3) is 2.58. The number of rotatable bonds is 3. The summed E-state index contributed by atoms with van der Waals surface area (Å²) in [5.74, 6) is 0.0572. The Balaban J connectivity index is 2.04. The third-order valence-corrected chi connectivity index (χ3v) is 5.15. The van der Waals surface area contributed by atoms with Crippen LogP contribution in [0.2, 0.25) is 0 Å². The maximum atomic E-state index is 7.75. The number of aromatic nitrogens is 2. The molecule has 0 aromatic carbocycles. The Labute approximate surface area is 129 Å². The van der Waals surface area contributed by atoms with Crippen molar-refractivity contribution in [2.75, 3.05) is 0 Å². The highest BCUT2D eigenvalue weighted by molar-refractivity contribution is 9.10. The Morgan fingerprint density at radius 2 is 2.20 bits per heavy atom. The third-order valence-electron chi connectivity index (χ3n) is 3.22. The molecule has 0 saturated heterocycles. The molecular weight excluding hydrogens is 336 g/mol. The number of nitrogens with one attached hydrogen (secondary N) is 1. The van der Waals surface area contributed by atoms with Crippen molar-refractivity contribution < 1.29 is 0 Å². The van der Waals surface area contributed by atoms with Gasteiger partial charge in [0, 0.05) is 17.5 Å². The Kier molecular flexibility index (Phi) is 3.76. The van der Waals surface area contributed by atoms with E-state index in [0.717, 1.165) is 39.5 Å². The van der Waals surface area contributed by atoms with Gasteiger partial charge in [0.2, 0.25) is 0 Å². The highest BCUT2D eigenvalue weighted by Gasteiger charge is 2.19. The first-order chi connectivity index (χ1) is 9.65. The van der Waals surface area contributed by atoms with Gasteiger partial charge in [-0.1, -0.05) is 0 Å². The molecule has 0 spiro atoms. The quantitative estimate of drug-likeness (QED) is 0.659. The summed E-state index contributed by atoms with van der Waals surface area (Å²) in [6.07, 6.45) is 4.90. The molecule has 0 bridgehead atoms. The van der Waals surface area contributed by atoms with E-state index in [4.69, 9.17) is 16.1 Å². The molecule has 20 heavy (non-hydrogen) atoms. The number of hydrogen-bond acceptors (Lipinski definition) is 4. The predicted molar refractivity (Wildman–Crippen MR) is 83.3 cm³/mol. The first-order valence-electron chi connectivity index (χ1n) is 6.30. The van der Waals surface area contributed by atoms with Gasteiger partial charge in [0.25, 0.3) is 0 Å². The summed E-state index contributed by atoms with van der Waals surface area (Å²) in [5, 5.41) is 9.35. The molecular formula is C14H13BrN4S. The van der Waals surface area contributed by atoms with Crippen LogP contribution in [0.3, 0.4) is 0 Å². The van der Waals surface area contributed by atoms with Gasteiger partial charge in [-0.3, -0.25) is 5.41 Å². The first kappa shape index (κ1) is 13.6. The van der Waals surface area contributed by atoms with Gasteiger partial charge in [0.1, 0.15) is 15.9 Å². The van der Waals surface area contributed by atoms with Gasteiger partial charge in [-0.2, -0.15) is 0 Å². The highest BCUT2D eigenvalue weighted by Crippen LogP contribution is 2.34. The minimum Gasteiger partial charge on any atom is -0.384 e. The second kappa shape index (κ2) is 5.54. The fourth-order valence-corrected chi connectivity index (χ4v) is 3.66. The van der Waals surface area contributed by atoms with E-state index in [1.54, 1.807) is 6.20 Å². The van der Waals surface area contributed by atoms with E-state index in [1.807, 2.05) is 18.2 Å². The van der Waals surface area contributed by atoms with Crippen molar-refractivity contribution >= 4 is 33.5 Å². The summed E-state index contributed by atoms with van der Waals surface area (Å²) in [6, 6.07) is 5.82. The largest absolute Gasteiger partial charge is 0.384 e. The van der Waals surface area contributed by atoms with Crippen LogP contribution in [0.25, 0.3) is 0 Å². The van der Waals surface area contributed by atoms with Gasteiger partial charge in [0.15, 0.2) is 0 Å². The zero-order valence-corrected chi connectivity index (χ0v) is 13.1. The normalized spacial score (nSPS) is 13.2. The minimum atomic E-state index is 0.0572. The second-order valence-corrected chi connectivity index (χ2v) is 6.44. The van der Waals surface area contributed by atoms with Crippen LogP contribution in [0.4, 0.5) is 0 Å². The molecule has 102 valence electrons. The molecule has 0 unspecified atom stereocenters. The average molecular weight is 349 g/mol. The first-order valence-corrected chi connectivity index (χ1v) is 7.91. The SMILES string of the molecule is N=C(N)c1cc2c(nc1Sc1ncccc1Br)CCC2. The molecule has 0 fully saturated rings. The summed E-state index contributed by atoms with van der Waals surface area (Å²) in [5.41, 5.74) is 8.75. The molecule has 3 rings (SSSR count). The Hall–Kier alpha value is -1.40. The van der Waals surface area contributed by atoms with Gasteiger partial charge in [0.05, 0.1) is 4.47 Å². The van der Waals surface area contributed by atoms with Crippen LogP contribution in [0.15, 0.2) is 38.9 Å². The number of hydrogen-bond donors (Lipinski definition) is 2. The molecule has 1 aliphatic rings. The maximum absolute atomic E-state index is 7.75. The Morgan fingerprint density at radius 1 is 1.35 bits per heavy atom. The monoisotopic (exact) mass is 348 g/mol. The molecule has 3 N–H and O–H groups in total. The van der Waals surface area contributed by atoms with Crippen molar-refractivity contribution in [1.82, 2.24) is 9.97 Å². The van der Waals surface area contributed by atoms with Gasteiger partial charge in [-0.15, -0.1) is 0 Å². The number of nitrogens with zero attached hydrogens (tertiary/aromatic N) is 2. The molecule has 0 amide bonds. The number of pyridine rings is 2. The molecule has 2 aromatic rings. The van der Waals surface area contributed by atoms with Crippen LogP contribution in [0, 0.1) is 5.41 Å². The van der Waals surface area contributed by atoms with Crippen molar-refractivity contribution in [3.8, 4) is 0 Å². The number of halogens is 1. The number of fused-ring (bicyclic) bond motifs is 1. The Bertz CT molecular complexity index is 687. The Morgan fingerprint density at radius 3 is 2.95 bits per heavy atom. The molecule has 2 heterocycles. The fourth-order valence-electron chi connectivity index (χ4n) is 2.26. The molecule has 0 atom stereocenters. The average Bonchev–Trinajstić information content (AvgIpc) is 2.87. The van der Waals surface area contributed by atoms with Crippen molar-refractivity contribution in [3.05, 3.63) is 45.7 Å². The lowest BCUT2D eigenvalue weighted by molar-refractivity contribution is 0.890. The summed E-state index contributed by atoms with van der Waals surface area (Å²) in [4.78, 5) is 9.02. The molecule has 0 radical (unpaired) electrons. The van der Waals surface area contributed by atoms with Gasteiger partial charge in [-0.25, -0.2) is 9.97 Å². The lowest BCUT2D eigenvalue weighted by atomic mass is 10.1. The number of nitrogens with two attached hydrogens (primary N) is 1. The smallest absolute Gasteiger partial charge is 0.125 e. The van der Waals surface area contributed by atoms with Crippen molar-refractivity contribution in [2.45, 2.75) is 29.3 Å². The molecule has 2 aromatic heterocycles. The maximum Gasteiger partial charge on any atom is 0.125 e. The topological polar surface area (TPSA) is 75.7 Å². The van der Waals surface area contributed by atoms with E-state index in [9.17, 15) is 0 Å². The molecule has 4 nitrogen and oxygen atoms in total. The van der Waals surface area contributed by atoms with E-state index in [0.29, 0.717) is 5.56 Å². The van der Waals surface area contributed by atoms with E-state index >= 15 is 0 Å². The number of aryl methyl sites for hydroxylation is 2. The number of amidine groups is 1. The summed E-state index contributed by atoms with van der Waals surface area (Å²) < 4.78 is 0.918. The zero-order chi connectivity index (χ0) is 14.1. The summed E-state index contributed by atoms with van der Waals surface area (Å²) in [6.45, 7) is 0. The molecule has 0 saturated carbocycles. The molecule has 6 heteroatoms. The lowest BCUT2D eigenvalue weighted by Gasteiger charge is -2.10.